The molecule has 0 unspecified atom stereocenters. The minimum absolute atomic E-state index is 0.0343. The maximum Gasteiger partial charge on any atom is 0.325 e. The van der Waals surface area contributed by atoms with Gasteiger partial charge >= 0.3 is 5.69 Å². The molecule has 26 heavy (non-hydrogen) atoms. The summed E-state index contributed by atoms with van der Waals surface area (Å²) in [5.74, 6) is -1.60. The predicted octanol–water partition coefficient (Wildman–Crippen LogP) is 2.43. The van der Waals surface area contributed by atoms with E-state index in [1.807, 2.05) is 0 Å². The summed E-state index contributed by atoms with van der Waals surface area (Å²) in [4.78, 5) is 21.2. The Balaban J connectivity index is 1.90. The molecule has 8 nitrogen and oxygen atoms in total. The molecule has 1 aliphatic rings. The van der Waals surface area contributed by atoms with Gasteiger partial charge in [0.15, 0.2) is 4.90 Å². The van der Waals surface area contributed by atoms with Gasteiger partial charge in [0.1, 0.15) is 0 Å². The third-order valence-corrected chi connectivity index (χ3v) is 5.12. The average Bonchev–Trinajstić information content (AvgIpc) is 3.38. The van der Waals surface area contributed by atoms with Gasteiger partial charge in [-0.05, 0) is 43.2 Å². The monoisotopic (exact) mass is 379 g/mol. The van der Waals surface area contributed by atoms with E-state index in [0.29, 0.717) is 0 Å². The van der Waals surface area contributed by atoms with Crippen molar-refractivity contribution in [3.05, 3.63) is 64.0 Å². The second-order valence-electron chi connectivity index (χ2n) is 5.78. The molecule has 0 radical (unpaired) electrons. The first kappa shape index (κ1) is 17.8. The summed E-state index contributed by atoms with van der Waals surface area (Å²) in [7, 11) is -4.43. The first-order valence-electron chi connectivity index (χ1n) is 7.64. The lowest BCUT2D eigenvalue weighted by atomic mass is 10.2. The summed E-state index contributed by atoms with van der Waals surface area (Å²) in [5.41, 5.74) is -0.861. The zero-order chi connectivity index (χ0) is 18.9. The molecule has 1 fully saturated rings. The van der Waals surface area contributed by atoms with Crippen LogP contribution in [0.5, 0.6) is 0 Å². The fourth-order valence-corrected chi connectivity index (χ4v) is 3.55. The molecular weight excluding hydrogens is 365 g/mol. The van der Waals surface area contributed by atoms with Gasteiger partial charge in [0.2, 0.25) is 5.82 Å². The molecule has 3 rings (SSSR count). The Morgan fingerprint density at radius 2 is 1.88 bits per heavy atom. The second-order valence-corrected chi connectivity index (χ2v) is 7.43. The lowest BCUT2D eigenvalue weighted by Gasteiger charge is -2.10. The normalized spacial score (nSPS) is 13.9. The molecule has 0 aromatic heterocycles. The number of hydrogen-bond acceptors (Lipinski definition) is 5. The Labute approximate surface area is 148 Å². The summed E-state index contributed by atoms with van der Waals surface area (Å²) in [6.45, 7) is 0. The smallest absolute Gasteiger partial charge is 0.325 e. The number of halogens is 1. The quantitative estimate of drug-likeness (QED) is 0.590. The third-order valence-electron chi connectivity index (χ3n) is 3.71. The van der Waals surface area contributed by atoms with Gasteiger partial charge in [-0.1, -0.05) is 12.1 Å². The highest BCUT2D eigenvalue weighted by Gasteiger charge is 2.30. The van der Waals surface area contributed by atoms with Crippen molar-refractivity contribution in [2.45, 2.75) is 23.8 Å². The van der Waals surface area contributed by atoms with Gasteiger partial charge in [0.25, 0.3) is 15.9 Å². The molecule has 0 heterocycles. The first-order chi connectivity index (χ1) is 12.3. The highest BCUT2D eigenvalue weighted by atomic mass is 32.2. The maximum absolute atomic E-state index is 13.7. The largest absolute Gasteiger partial charge is 0.349 e. The molecule has 2 aromatic carbocycles. The van der Waals surface area contributed by atoms with Crippen molar-refractivity contribution in [2.24, 2.45) is 0 Å². The molecule has 0 aliphatic heterocycles. The van der Waals surface area contributed by atoms with Crippen molar-refractivity contribution in [1.29, 1.82) is 0 Å². The number of benzene rings is 2. The number of nitrogens with one attached hydrogen (secondary N) is 2. The SMILES string of the molecule is O=C(NC1CC1)c1cccc(NS(=O)(=O)c2cccc(F)c2[N+](=O)[O-])c1. The fraction of sp³-hybridized carbons (Fsp3) is 0.188. The molecule has 2 N–H and O–H groups in total. The van der Waals surface area contributed by atoms with Gasteiger partial charge in [-0.3, -0.25) is 19.6 Å². The number of carbonyl (C=O) groups excluding carboxylic acids is 1. The maximum atomic E-state index is 13.7. The van der Waals surface area contributed by atoms with Crippen LogP contribution in [0.1, 0.15) is 23.2 Å². The van der Waals surface area contributed by atoms with Crippen LogP contribution in [0.4, 0.5) is 15.8 Å². The minimum atomic E-state index is -4.43. The Morgan fingerprint density at radius 1 is 1.19 bits per heavy atom. The summed E-state index contributed by atoms with van der Waals surface area (Å²) < 4.78 is 40.8. The van der Waals surface area contributed by atoms with Gasteiger partial charge in [0.05, 0.1) is 4.92 Å². The van der Waals surface area contributed by atoms with Crippen molar-refractivity contribution >= 4 is 27.3 Å². The highest BCUT2D eigenvalue weighted by molar-refractivity contribution is 7.92. The van der Waals surface area contributed by atoms with Crippen LogP contribution in [-0.2, 0) is 10.0 Å². The molecule has 2 aromatic rings. The van der Waals surface area contributed by atoms with Gasteiger partial charge in [0, 0.05) is 17.3 Å². The molecule has 0 bridgehead atoms. The van der Waals surface area contributed by atoms with Crippen LogP contribution in [0.25, 0.3) is 0 Å². The standard InChI is InChI=1S/C16H14FN3O5S/c17-13-5-2-6-14(15(13)20(22)23)26(24,25)19-12-4-1-3-10(9-12)16(21)18-11-7-8-11/h1-6,9,11,19H,7-8H2,(H,18,21). The Kier molecular flexibility index (Phi) is 4.60. The van der Waals surface area contributed by atoms with E-state index in [4.69, 9.17) is 0 Å². The fourth-order valence-electron chi connectivity index (χ4n) is 2.32. The Hall–Kier alpha value is -3.01. The van der Waals surface area contributed by atoms with E-state index in [2.05, 4.69) is 10.0 Å². The molecular formula is C16H14FN3O5S. The number of rotatable bonds is 6. The lowest BCUT2D eigenvalue weighted by molar-refractivity contribution is -0.390. The third kappa shape index (κ3) is 3.80. The molecule has 1 aliphatic carbocycles. The molecule has 10 heteroatoms. The lowest BCUT2D eigenvalue weighted by Crippen LogP contribution is -2.25. The van der Waals surface area contributed by atoms with Gasteiger partial charge < -0.3 is 5.32 Å². The number of hydrogen-bond donors (Lipinski definition) is 2. The molecule has 0 saturated heterocycles. The van der Waals surface area contributed by atoms with Gasteiger partial charge in [-0.2, -0.15) is 4.39 Å². The number of nitro groups is 1. The molecule has 1 amide bonds. The van der Waals surface area contributed by atoms with Crippen LogP contribution in [0, 0.1) is 15.9 Å². The Morgan fingerprint density at radius 3 is 2.54 bits per heavy atom. The van der Waals surface area contributed by atoms with Crippen molar-refractivity contribution < 1.29 is 22.5 Å². The van der Waals surface area contributed by atoms with E-state index >= 15 is 0 Å². The summed E-state index contributed by atoms with van der Waals surface area (Å²) in [6.07, 6.45) is 1.81. The van der Waals surface area contributed by atoms with Crippen LogP contribution in [-0.4, -0.2) is 25.3 Å². The van der Waals surface area contributed by atoms with Gasteiger partial charge in [-0.25, -0.2) is 8.42 Å². The predicted molar refractivity (Wildman–Crippen MR) is 90.8 cm³/mol. The zero-order valence-electron chi connectivity index (χ0n) is 13.3. The van der Waals surface area contributed by atoms with E-state index in [1.165, 1.54) is 24.3 Å². The number of amides is 1. The molecule has 136 valence electrons. The topological polar surface area (TPSA) is 118 Å². The summed E-state index contributed by atoms with van der Waals surface area (Å²) in [5, 5.41) is 13.8. The van der Waals surface area contributed by atoms with Crippen LogP contribution in [0.15, 0.2) is 47.4 Å². The highest BCUT2D eigenvalue weighted by Crippen LogP contribution is 2.28. The van der Waals surface area contributed by atoms with Crippen molar-refractivity contribution in [1.82, 2.24) is 5.32 Å². The molecule has 1 saturated carbocycles. The van der Waals surface area contributed by atoms with Crippen molar-refractivity contribution in [3.8, 4) is 0 Å². The van der Waals surface area contributed by atoms with Gasteiger partial charge in [-0.15, -0.1) is 0 Å². The average molecular weight is 379 g/mol. The van der Waals surface area contributed by atoms with Crippen LogP contribution < -0.4 is 10.0 Å². The van der Waals surface area contributed by atoms with Crippen molar-refractivity contribution in [3.63, 3.8) is 0 Å². The summed E-state index contributed by atoms with van der Waals surface area (Å²) >= 11 is 0. The Bertz CT molecular complexity index is 989. The van der Waals surface area contributed by atoms with Crippen molar-refractivity contribution in [2.75, 3.05) is 4.72 Å². The van der Waals surface area contributed by atoms with E-state index in [1.54, 1.807) is 0 Å². The number of nitrogens with zero attached hydrogens (tertiary/aromatic N) is 1. The van der Waals surface area contributed by atoms with E-state index in [-0.39, 0.29) is 23.2 Å². The van der Waals surface area contributed by atoms with Crippen LogP contribution in [0.2, 0.25) is 0 Å². The minimum Gasteiger partial charge on any atom is -0.349 e. The molecule has 0 spiro atoms. The van der Waals surface area contributed by atoms with Crippen LogP contribution in [0.3, 0.4) is 0 Å². The number of sulfonamides is 1. The molecule has 0 atom stereocenters. The second kappa shape index (κ2) is 6.71. The number of carbonyl (C=O) groups is 1. The summed E-state index contributed by atoms with van der Waals surface area (Å²) in [6, 6.07) is 8.62. The van der Waals surface area contributed by atoms with Crippen LogP contribution >= 0.6 is 0 Å². The number of anilines is 1. The number of para-hydroxylation sites is 1. The zero-order valence-corrected chi connectivity index (χ0v) is 14.1. The first-order valence-corrected chi connectivity index (χ1v) is 9.13. The van der Waals surface area contributed by atoms with E-state index in [0.717, 1.165) is 31.0 Å². The number of nitro benzene ring substituents is 1. The van der Waals surface area contributed by atoms with E-state index in [9.17, 15) is 27.7 Å². The van der Waals surface area contributed by atoms with E-state index < -0.39 is 31.3 Å².